The van der Waals surface area contributed by atoms with Crippen LogP contribution in [0.1, 0.15) is 15.9 Å². The first-order chi connectivity index (χ1) is 11.1. The molecule has 0 amide bonds. The molecule has 1 unspecified atom stereocenters. The van der Waals surface area contributed by atoms with Crippen molar-refractivity contribution < 1.29 is 14.3 Å². The minimum Gasteiger partial charge on any atom is -0.452 e. The Morgan fingerprint density at radius 1 is 1.09 bits per heavy atom. The summed E-state index contributed by atoms with van der Waals surface area (Å²) in [5.74, 6) is 0.386. The fraction of sp³-hybridized carbons (Fsp3) is 0.158. The van der Waals surface area contributed by atoms with E-state index in [-0.39, 0.29) is 18.8 Å². The van der Waals surface area contributed by atoms with Gasteiger partial charge in [-0.15, -0.1) is 6.42 Å². The van der Waals surface area contributed by atoms with Crippen LogP contribution in [-0.2, 0) is 16.0 Å². The summed E-state index contributed by atoms with van der Waals surface area (Å²) in [7, 11) is 0. The van der Waals surface area contributed by atoms with Crippen molar-refractivity contribution in [3.05, 3.63) is 70.7 Å². The summed E-state index contributed by atoms with van der Waals surface area (Å²) >= 11 is 5.86. The van der Waals surface area contributed by atoms with Crippen LogP contribution in [0.25, 0.3) is 0 Å². The SMILES string of the molecule is C#CCOC(=O)C(Cc1ccc(Cl)cc1)C(=O)c1ccccc1. The van der Waals surface area contributed by atoms with Gasteiger partial charge in [0.2, 0.25) is 0 Å². The summed E-state index contributed by atoms with van der Waals surface area (Å²) in [6.45, 7) is -0.155. The topological polar surface area (TPSA) is 43.4 Å². The number of carbonyl (C=O) groups excluding carboxylic acids is 2. The van der Waals surface area contributed by atoms with E-state index in [0.29, 0.717) is 10.6 Å². The third-order valence-electron chi connectivity index (χ3n) is 3.31. The van der Waals surface area contributed by atoms with Gasteiger partial charge in [-0.1, -0.05) is 60.0 Å². The third kappa shape index (κ3) is 4.70. The van der Waals surface area contributed by atoms with E-state index < -0.39 is 11.9 Å². The number of hydrogen-bond donors (Lipinski definition) is 0. The lowest BCUT2D eigenvalue weighted by atomic mass is 9.91. The second-order valence-electron chi connectivity index (χ2n) is 4.93. The molecule has 2 rings (SSSR count). The van der Waals surface area contributed by atoms with Gasteiger partial charge in [0.15, 0.2) is 12.4 Å². The normalized spacial score (nSPS) is 11.3. The molecule has 0 radical (unpaired) electrons. The summed E-state index contributed by atoms with van der Waals surface area (Å²) in [6, 6.07) is 15.6. The van der Waals surface area contributed by atoms with Gasteiger partial charge in [0.1, 0.15) is 5.92 Å². The summed E-state index contributed by atoms with van der Waals surface area (Å²) in [5, 5.41) is 0.592. The van der Waals surface area contributed by atoms with Crippen LogP contribution in [0.2, 0.25) is 5.02 Å². The number of ether oxygens (including phenoxy) is 1. The van der Waals surface area contributed by atoms with Crippen LogP contribution in [-0.4, -0.2) is 18.4 Å². The number of esters is 1. The van der Waals surface area contributed by atoms with Gasteiger partial charge in [-0.05, 0) is 24.1 Å². The molecule has 4 heteroatoms. The molecule has 0 aliphatic rings. The molecule has 0 aromatic heterocycles. The van der Waals surface area contributed by atoms with E-state index in [1.165, 1.54) is 0 Å². The second kappa shape index (κ2) is 8.17. The smallest absolute Gasteiger partial charge is 0.318 e. The van der Waals surface area contributed by atoms with Crippen molar-refractivity contribution in [1.82, 2.24) is 0 Å². The Hall–Kier alpha value is -2.57. The number of Topliss-reactive ketones (excluding diaryl/α,β-unsaturated/α-hetero) is 1. The van der Waals surface area contributed by atoms with Gasteiger partial charge < -0.3 is 4.74 Å². The zero-order valence-corrected chi connectivity index (χ0v) is 13.1. The maximum atomic E-state index is 12.6. The molecule has 116 valence electrons. The van der Waals surface area contributed by atoms with Crippen LogP contribution in [0.4, 0.5) is 0 Å². The lowest BCUT2D eigenvalue weighted by Crippen LogP contribution is -2.28. The predicted octanol–water partition coefficient (Wildman–Crippen LogP) is 3.56. The highest BCUT2D eigenvalue weighted by Crippen LogP contribution is 2.18. The van der Waals surface area contributed by atoms with Crippen molar-refractivity contribution in [1.29, 1.82) is 0 Å². The minimum absolute atomic E-state index is 0.155. The molecule has 0 heterocycles. The first-order valence-electron chi connectivity index (χ1n) is 7.05. The van der Waals surface area contributed by atoms with Crippen LogP contribution in [0.15, 0.2) is 54.6 Å². The molecule has 0 N–H and O–H groups in total. The van der Waals surface area contributed by atoms with Crippen LogP contribution in [0.3, 0.4) is 0 Å². The fourth-order valence-corrected chi connectivity index (χ4v) is 2.28. The highest BCUT2D eigenvalue weighted by atomic mass is 35.5. The molecule has 1 atom stereocenters. The largest absolute Gasteiger partial charge is 0.452 e. The van der Waals surface area contributed by atoms with Gasteiger partial charge in [0.25, 0.3) is 0 Å². The number of rotatable bonds is 6. The van der Waals surface area contributed by atoms with E-state index in [2.05, 4.69) is 5.92 Å². The van der Waals surface area contributed by atoms with E-state index in [1.807, 2.05) is 6.07 Å². The average molecular weight is 327 g/mol. The first-order valence-corrected chi connectivity index (χ1v) is 7.43. The van der Waals surface area contributed by atoms with Crippen molar-refractivity contribution in [3.63, 3.8) is 0 Å². The Labute approximate surface area is 140 Å². The molecule has 0 bridgehead atoms. The van der Waals surface area contributed by atoms with Crippen molar-refractivity contribution in [2.24, 2.45) is 5.92 Å². The molecule has 0 spiro atoms. The molecular weight excluding hydrogens is 312 g/mol. The van der Waals surface area contributed by atoms with E-state index in [1.54, 1.807) is 48.5 Å². The Bertz CT molecular complexity index is 715. The quantitative estimate of drug-likeness (QED) is 0.353. The van der Waals surface area contributed by atoms with Crippen LogP contribution >= 0.6 is 11.6 Å². The van der Waals surface area contributed by atoms with E-state index >= 15 is 0 Å². The molecule has 0 aliphatic carbocycles. The zero-order valence-electron chi connectivity index (χ0n) is 12.4. The Morgan fingerprint density at radius 3 is 2.35 bits per heavy atom. The van der Waals surface area contributed by atoms with Crippen molar-refractivity contribution in [3.8, 4) is 12.3 Å². The minimum atomic E-state index is -0.938. The average Bonchev–Trinajstić information content (AvgIpc) is 2.59. The first kappa shape index (κ1) is 16.8. The molecule has 23 heavy (non-hydrogen) atoms. The molecule has 3 nitrogen and oxygen atoms in total. The van der Waals surface area contributed by atoms with E-state index in [0.717, 1.165) is 5.56 Å². The molecular formula is C19H15ClO3. The summed E-state index contributed by atoms with van der Waals surface area (Å²) in [6.07, 6.45) is 5.34. The number of hydrogen-bond acceptors (Lipinski definition) is 3. The fourth-order valence-electron chi connectivity index (χ4n) is 2.16. The Morgan fingerprint density at radius 2 is 1.74 bits per heavy atom. The molecule has 0 saturated carbocycles. The van der Waals surface area contributed by atoms with Gasteiger partial charge in [-0.2, -0.15) is 0 Å². The van der Waals surface area contributed by atoms with Gasteiger partial charge in [-0.25, -0.2) is 0 Å². The molecule has 0 aliphatic heterocycles. The van der Waals surface area contributed by atoms with Gasteiger partial charge >= 0.3 is 5.97 Å². The number of halogens is 1. The van der Waals surface area contributed by atoms with Crippen LogP contribution in [0.5, 0.6) is 0 Å². The van der Waals surface area contributed by atoms with E-state index in [4.69, 9.17) is 22.8 Å². The van der Waals surface area contributed by atoms with Gasteiger partial charge in [-0.3, -0.25) is 9.59 Å². The zero-order chi connectivity index (χ0) is 16.7. The Balaban J connectivity index is 2.24. The second-order valence-corrected chi connectivity index (χ2v) is 5.36. The highest BCUT2D eigenvalue weighted by molar-refractivity contribution is 6.30. The number of terminal acetylenes is 1. The number of ketones is 1. The molecule has 2 aromatic rings. The molecule has 0 fully saturated rings. The van der Waals surface area contributed by atoms with Crippen LogP contribution < -0.4 is 0 Å². The summed E-state index contributed by atoms with van der Waals surface area (Å²) in [5.41, 5.74) is 1.28. The van der Waals surface area contributed by atoms with Gasteiger partial charge in [0, 0.05) is 10.6 Å². The highest BCUT2D eigenvalue weighted by Gasteiger charge is 2.29. The standard InChI is InChI=1S/C19H15ClO3/c1-2-12-23-19(22)17(13-14-8-10-16(20)11-9-14)18(21)15-6-4-3-5-7-15/h1,3-11,17H,12-13H2. The maximum Gasteiger partial charge on any atom is 0.318 e. The molecule has 2 aromatic carbocycles. The van der Waals surface area contributed by atoms with E-state index in [9.17, 15) is 9.59 Å². The van der Waals surface area contributed by atoms with Crippen molar-refractivity contribution >= 4 is 23.4 Å². The number of carbonyl (C=O) groups is 2. The maximum absolute atomic E-state index is 12.6. The summed E-state index contributed by atoms with van der Waals surface area (Å²) in [4.78, 5) is 24.9. The third-order valence-corrected chi connectivity index (χ3v) is 3.56. The molecule has 0 saturated heterocycles. The lowest BCUT2D eigenvalue weighted by molar-refractivity contribution is -0.145. The Kier molecular flexibility index (Phi) is 5.96. The summed E-state index contributed by atoms with van der Waals surface area (Å²) < 4.78 is 4.97. The van der Waals surface area contributed by atoms with Gasteiger partial charge in [0.05, 0.1) is 0 Å². The monoisotopic (exact) mass is 326 g/mol. The lowest BCUT2D eigenvalue weighted by Gasteiger charge is -2.14. The predicted molar refractivity (Wildman–Crippen MR) is 89.2 cm³/mol. The van der Waals surface area contributed by atoms with Crippen LogP contribution in [0, 0.1) is 18.3 Å². The van der Waals surface area contributed by atoms with Crippen molar-refractivity contribution in [2.45, 2.75) is 6.42 Å². The van der Waals surface area contributed by atoms with Crippen molar-refractivity contribution in [2.75, 3.05) is 6.61 Å². The number of benzene rings is 2.